The summed E-state index contributed by atoms with van der Waals surface area (Å²) in [4.78, 5) is 63.1. The second-order valence-corrected chi connectivity index (χ2v) is 9.23. The summed E-state index contributed by atoms with van der Waals surface area (Å²) in [5.41, 5.74) is 9.92. The van der Waals surface area contributed by atoms with E-state index in [4.69, 9.17) is 15.9 Å². The molecule has 4 rings (SSSR count). The van der Waals surface area contributed by atoms with Crippen LogP contribution in [0.25, 0.3) is 10.9 Å². The molecule has 2 aromatic carbocycles. The number of benzene rings is 2. The van der Waals surface area contributed by atoms with Crippen molar-refractivity contribution in [3.8, 4) is 0 Å². The summed E-state index contributed by atoms with van der Waals surface area (Å²) >= 11 is 0. The predicted octanol–water partition coefficient (Wildman–Crippen LogP) is 1.75. The zero-order valence-electron chi connectivity index (χ0n) is 22.1. The van der Waals surface area contributed by atoms with E-state index in [1.807, 2.05) is 24.4 Å². The van der Waals surface area contributed by atoms with Crippen LogP contribution in [0.15, 0.2) is 60.8 Å². The first-order valence-electron chi connectivity index (χ1n) is 12.4. The number of rotatable bonds is 9. The van der Waals surface area contributed by atoms with Gasteiger partial charge in [-0.05, 0) is 47.9 Å². The Balaban J connectivity index is 0.000000482. The number of hydrogen-bond acceptors (Lipinski definition) is 6. The molecule has 40 heavy (non-hydrogen) atoms. The maximum absolute atomic E-state index is 13.0. The van der Waals surface area contributed by atoms with Crippen LogP contribution < -0.4 is 11.1 Å². The van der Waals surface area contributed by atoms with Crippen LogP contribution in [0.2, 0.25) is 0 Å². The van der Waals surface area contributed by atoms with Crippen LogP contribution in [0.3, 0.4) is 0 Å². The molecule has 3 aromatic rings. The molecule has 1 atom stereocenters. The maximum Gasteiger partial charge on any atom is 0.328 e. The van der Waals surface area contributed by atoms with Gasteiger partial charge in [-0.25, -0.2) is 14.4 Å². The molecular weight excluding hydrogens is 518 g/mol. The molecule has 0 saturated carbocycles. The Kier molecular flexibility index (Phi) is 9.76. The van der Waals surface area contributed by atoms with E-state index >= 15 is 0 Å². The average molecular weight is 550 g/mol. The van der Waals surface area contributed by atoms with Crippen molar-refractivity contribution in [1.82, 2.24) is 20.1 Å². The van der Waals surface area contributed by atoms with Crippen molar-refractivity contribution < 1.29 is 34.2 Å². The highest BCUT2D eigenvalue weighted by atomic mass is 16.4. The second-order valence-electron chi connectivity index (χ2n) is 9.23. The van der Waals surface area contributed by atoms with Gasteiger partial charge in [0.05, 0.1) is 6.54 Å². The summed E-state index contributed by atoms with van der Waals surface area (Å²) in [6, 6.07) is 11.9. The fourth-order valence-corrected chi connectivity index (χ4v) is 4.24. The maximum atomic E-state index is 13.0. The summed E-state index contributed by atoms with van der Waals surface area (Å²) in [7, 11) is 3.34. The Morgan fingerprint density at radius 2 is 1.70 bits per heavy atom. The molecule has 1 aromatic heterocycles. The average Bonchev–Trinajstić information content (AvgIpc) is 3.43. The number of carboxylic acids is 2. The highest BCUT2D eigenvalue weighted by Crippen LogP contribution is 2.23. The van der Waals surface area contributed by atoms with Crippen LogP contribution >= 0.6 is 0 Å². The van der Waals surface area contributed by atoms with E-state index < -0.39 is 24.0 Å². The quantitative estimate of drug-likeness (QED) is 0.197. The molecule has 2 heterocycles. The number of hydrogen-bond donors (Lipinski definition) is 5. The molecule has 210 valence electrons. The number of amides is 4. The Morgan fingerprint density at radius 1 is 1.02 bits per heavy atom. The van der Waals surface area contributed by atoms with Crippen LogP contribution in [-0.2, 0) is 33.8 Å². The molecule has 1 fully saturated rings. The van der Waals surface area contributed by atoms with Gasteiger partial charge in [-0.15, -0.1) is 0 Å². The number of imide groups is 1. The van der Waals surface area contributed by atoms with Crippen LogP contribution in [0.1, 0.15) is 27.0 Å². The molecule has 1 aliphatic rings. The number of carbonyl (C=O) groups is 5. The summed E-state index contributed by atoms with van der Waals surface area (Å²) in [5.74, 6) is -2.98. The number of fused-ring (bicyclic) bond motifs is 1. The van der Waals surface area contributed by atoms with Gasteiger partial charge in [0, 0.05) is 55.3 Å². The number of carboxylic acid groups (broad SMARTS) is 2. The van der Waals surface area contributed by atoms with Crippen LogP contribution in [0.5, 0.6) is 0 Å². The van der Waals surface area contributed by atoms with Crippen molar-refractivity contribution in [2.45, 2.75) is 25.4 Å². The monoisotopic (exact) mass is 549 g/mol. The fraction of sp³-hybridized carbons (Fsp3) is 0.250. The minimum absolute atomic E-state index is 0.0500. The molecule has 0 aliphatic carbocycles. The van der Waals surface area contributed by atoms with Crippen molar-refractivity contribution in [3.05, 3.63) is 83.1 Å². The lowest BCUT2D eigenvalue weighted by molar-refractivity contribution is -0.134. The van der Waals surface area contributed by atoms with E-state index in [9.17, 15) is 24.0 Å². The lowest BCUT2D eigenvalue weighted by Gasteiger charge is -2.18. The first-order chi connectivity index (χ1) is 19.0. The largest absolute Gasteiger partial charge is 0.478 e. The number of H-pyrrole nitrogens is 1. The van der Waals surface area contributed by atoms with Crippen LogP contribution in [0.4, 0.5) is 4.79 Å². The number of nitrogens with two attached hydrogens (primary N) is 1. The van der Waals surface area contributed by atoms with Gasteiger partial charge in [0.25, 0.3) is 11.8 Å². The van der Waals surface area contributed by atoms with Gasteiger partial charge in [-0.2, -0.15) is 0 Å². The third-order valence-electron chi connectivity index (χ3n) is 6.14. The summed E-state index contributed by atoms with van der Waals surface area (Å²) in [6.07, 6.45) is 4.23. The Morgan fingerprint density at radius 3 is 2.33 bits per heavy atom. The predicted molar refractivity (Wildman–Crippen MR) is 147 cm³/mol. The van der Waals surface area contributed by atoms with Crippen molar-refractivity contribution in [1.29, 1.82) is 0 Å². The molecular formula is C28H31N5O7. The number of nitrogens with zero attached hydrogens (tertiary/aromatic N) is 2. The molecule has 1 saturated heterocycles. The highest BCUT2D eigenvalue weighted by Gasteiger charge is 2.38. The van der Waals surface area contributed by atoms with Gasteiger partial charge in [-0.1, -0.05) is 24.3 Å². The zero-order valence-corrected chi connectivity index (χ0v) is 22.1. The number of carbonyl (C=O) groups excluding carboxylic acids is 3. The molecule has 0 bridgehead atoms. The molecule has 0 spiro atoms. The number of aromatic amines is 1. The van der Waals surface area contributed by atoms with Gasteiger partial charge >= 0.3 is 18.0 Å². The summed E-state index contributed by atoms with van der Waals surface area (Å²) < 4.78 is 0. The molecule has 6 N–H and O–H groups in total. The van der Waals surface area contributed by atoms with Crippen LogP contribution in [-0.4, -0.2) is 81.5 Å². The molecule has 1 aliphatic heterocycles. The fourth-order valence-electron chi connectivity index (χ4n) is 4.24. The van der Waals surface area contributed by atoms with Crippen molar-refractivity contribution >= 4 is 40.7 Å². The van der Waals surface area contributed by atoms with Gasteiger partial charge in [0.15, 0.2) is 0 Å². The van der Waals surface area contributed by atoms with E-state index in [1.165, 1.54) is 9.80 Å². The van der Waals surface area contributed by atoms with Gasteiger partial charge < -0.3 is 31.1 Å². The molecule has 12 heteroatoms. The van der Waals surface area contributed by atoms with E-state index in [2.05, 4.69) is 10.3 Å². The topological polar surface area (TPSA) is 186 Å². The summed E-state index contributed by atoms with van der Waals surface area (Å²) in [6.45, 7) is 0.607. The van der Waals surface area contributed by atoms with E-state index in [-0.39, 0.29) is 18.4 Å². The molecule has 4 amide bonds. The van der Waals surface area contributed by atoms with Gasteiger partial charge in [0.1, 0.15) is 6.04 Å². The first kappa shape index (κ1) is 29.6. The summed E-state index contributed by atoms with van der Waals surface area (Å²) in [5, 5.41) is 19.5. The molecule has 0 radical (unpaired) electrons. The van der Waals surface area contributed by atoms with E-state index in [0.29, 0.717) is 36.2 Å². The van der Waals surface area contributed by atoms with Crippen molar-refractivity contribution in [2.24, 2.45) is 5.73 Å². The number of aliphatic carboxylic acids is 2. The zero-order chi connectivity index (χ0) is 29.4. The van der Waals surface area contributed by atoms with E-state index in [1.54, 1.807) is 38.4 Å². The first-order valence-corrected chi connectivity index (χ1v) is 12.4. The Labute approximate surface area is 230 Å². The van der Waals surface area contributed by atoms with Gasteiger partial charge in [0.2, 0.25) is 0 Å². The number of nitrogens with one attached hydrogen (secondary N) is 2. The lowest BCUT2D eigenvalue weighted by Crippen LogP contribution is -2.33. The lowest BCUT2D eigenvalue weighted by atomic mass is 10.0. The smallest absolute Gasteiger partial charge is 0.328 e. The highest BCUT2D eigenvalue weighted by molar-refractivity contribution is 6.04. The van der Waals surface area contributed by atoms with Crippen molar-refractivity contribution in [3.63, 3.8) is 0 Å². The number of urea groups is 1. The van der Waals surface area contributed by atoms with E-state index in [0.717, 1.165) is 28.5 Å². The molecule has 12 nitrogen and oxygen atoms in total. The number of aromatic nitrogens is 1. The normalized spacial score (nSPS) is 14.7. The van der Waals surface area contributed by atoms with Crippen LogP contribution in [0, 0.1) is 0 Å². The molecule has 1 unspecified atom stereocenters. The Hall–Kier alpha value is -4.97. The SMILES string of the molecule is CN(C)C(=O)c1ccccc1CN1C(=O)NC(Cc2ccc3[nH]cc(CCN)c3c2)C1=O.O=C(O)/C=C\C(=O)O. The van der Waals surface area contributed by atoms with Crippen molar-refractivity contribution in [2.75, 3.05) is 20.6 Å². The Bertz CT molecular complexity index is 1440. The third kappa shape index (κ3) is 7.32. The third-order valence-corrected chi connectivity index (χ3v) is 6.14. The minimum atomic E-state index is -1.26. The standard InChI is InChI=1S/C24H27N5O3.C4H4O4/c1-28(2)22(30)18-6-4-3-5-17(18)14-29-23(31)21(27-24(29)32)12-15-7-8-20-19(11-15)16(9-10-25)13-26-20;5-3(6)1-2-4(7)8/h3-8,11,13,21,26H,9-10,12,14,25H2,1-2H3,(H,27,32);1-2H,(H,5,6)(H,7,8)/b;2-1-. The second kappa shape index (κ2) is 13.2. The van der Waals surface area contributed by atoms with Gasteiger partial charge in [-0.3, -0.25) is 14.5 Å². The minimum Gasteiger partial charge on any atom is -0.478 e.